The summed E-state index contributed by atoms with van der Waals surface area (Å²) in [5, 5.41) is 14.2. The number of fused-ring (bicyclic) bond motifs is 7. The second kappa shape index (κ2) is 9.78. The van der Waals surface area contributed by atoms with Crippen molar-refractivity contribution in [3.8, 4) is 0 Å². The predicted molar refractivity (Wildman–Crippen MR) is 164 cm³/mol. The van der Waals surface area contributed by atoms with E-state index >= 15 is 0 Å². The van der Waals surface area contributed by atoms with Gasteiger partial charge in [0.25, 0.3) is 11.8 Å². The van der Waals surface area contributed by atoms with Crippen molar-refractivity contribution in [3.05, 3.63) is 24.3 Å². The van der Waals surface area contributed by atoms with Crippen LogP contribution in [-0.2, 0) is 14.4 Å². The van der Waals surface area contributed by atoms with Crippen LogP contribution in [-0.4, -0.2) is 46.9 Å². The van der Waals surface area contributed by atoms with E-state index in [2.05, 4.69) is 53.4 Å². The number of aliphatic hydroxyl groups excluding tert-OH is 1. The Morgan fingerprint density at radius 2 is 1.60 bits per heavy atom. The van der Waals surface area contributed by atoms with E-state index in [1.54, 1.807) is 0 Å². The van der Waals surface area contributed by atoms with Gasteiger partial charge in [-0.2, -0.15) is 0 Å². The minimum absolute atomic E-state index is 0.0528. The highest BCUT2D eigenvalue weighted by Gasteiger charge is 2.71. The quantitative estimate of drug-likeness (QED) is 0.307. The Bertz CT molecular complexity index is 1200. The molecule has 232 valence electrons. The molecule has 0 aromatic heterocycles. The minimum Gasteiger partial charge on any atom is -0.393 e. The van der Waals surface area contributed by atoms with Gasteiger partial charge in [0.15, 0.2) is 0 Å². The van der Waals surface area contributed by atoms with Gasteiger partial charge in [-0.25, -0.2) is 0 Å². The third-order valence-electron chi connectivity index (χ3n) is 15.0. The molecule has 0 aromatic rings. The molecule has 6 heteroatoms. The Morgan fingerprint density at radius 3 is 2.26 bits per heavy atom. The molecule has 10 atom stereocenters. The van der Waals surface area contributed by atoms with Crippen molar-refractivity contribution in [3.63, 3.8) is 0 Å². The standard InChI is InChI=1S/C36H54N2O4/c1-22(2)23-12-17-36(31(42)37-20-21-38-28(40)10-11-29(38)41)19-18-34(6)24(30(23)36)8-9-26-33(5)15-14-27(39)32(3,4)25(33)13-16-35(26,34)7/h10-11,23-27,30,39H,1,8-9,12-21H2,2-7H3,(H,37,42)/t23-,24+,25-,26+,27-,30+,33-,34+,35+,36-/m0/s1. The van der Waals surface area contributed by atoms with Crippen molar-refractivity contribution < 1.29 is 19.5 Å². The molecular formula is C36H54N2O4. The Hall–Kier alpha value is -1.95. The number of nitrogens with zero attached hydrogens (tertiary/aromatic N) is 1. The fourth-order valence-corrected chi connectivity index (χ4v) is 12.6. The predicted octanol–water partition coefficient (Wildman–Crippen LogP) is 6.05. The van der Waals surface area contributed by atoms with Gasteiger partial charge < -0.3 is 10.4 Å². The summed E-state index contributed by atoms with van der Waals surface area (Å²) in [5.41, 5.74) is 1.34. The lowest BCUT2D eigenvalue weighted by molar-refractivity contribution is -0.246. The number of amides is 3. The van der Waals surface area contributed by atoms with Crippen LogP contribution in [0.3, 0.4) is 0 Å². The second-order valence-electron chi connectivity index (χ2n) is 16.6. The zero-order valence-corrected chi connectivity index (χ0v) is 26.9. The first-order chi connectivity index (χ1) is 19.6. The maximum atomic E-state index is 14.2. The topological polar surface area (TPSA) is 86.7 Å². The Kier molecular flexibility index (Phi) is 7.00. The minimum atomic E-state index is -0.410. The number of allylic oxidation sites excluding steroid dienone is 1. The van der Waals surface area contributed by atoms with E-state index in [4.69, 9.17) is 0 Å². The first kappa shape index (κ1) is 30.1. The van der Waals surface area contributed by atoms with E-state index < -0.39 is 5.41 Å². The number of carbonyl (C=O) groups is 3. The van der Waals surface area contributed by atoms with Gasteiger partial charge in [-0.1, -0.05) is 46.8 Å². The van der Waals surface area contributed by atoms with Crippen molar-refractivity contribution in [1.82, 2.24) is 10.2 Å². The number of imide groups is 1. The van der Waals surface area contributed by atoms with Gasteiger partial charge in [0, 0.05) is 25.2 Å². The smallest absolute Gasteiger partial charge is 0.253 e. The second-order valence-corrected chi connectivity index (χ2v) is 16.6. The van der Waals surface area contributed by atoms with Gasteiger partial charge in [-0.05, 0) is 122 Å². The first-order valence-electron chi connectivity index (χ1n) is 16.8. The van der Waals surface area contributed by atoms with E-state index in [9.17, 15) is 19.5 Å². The SMILES string of the molecule is C=C(C)[C@@H]1CC[C@]2(C(=O)NCCN3C(=O)C=CC3=O)CC[C@]3(C)[C@H](CC[C@@H]4[C@@]5(C)CC[C@H](O)C(C)(C)[C@@H]5CC[C@]43C)[C@@H]12. The summed E-state index contributed by atoms with van der Waals surface area (Å²) in [6.07, 6.45) is 13.0. The number of aliphatic hydroxyl groups is 1. The number of rotatable bonds is 5. The summed E-state index contributed by atoms with van der Waals surface area (Å²) in [5.74, 6) is 1.79. The average Bonchev–Trinajstić information content (AvgIpc) is 3.48. The fourth-order valence-electron chi connectivity index (χ4n) is 12.6. The maximum absolute atomic E-state index is 14.2. The molecule has 6 nitrogen and oxygen atoms in total. The maximum Gasteiger partial charge on any atom is 0.253 e. The molecule has 1 aliphatic heterocycles. The molecule has 0 unspecified atom stereocenters. The van der Waals surface area contributed by atoms with Crippen molar-refractivity contribution in [2.75, 3.05) is 13.1 Å². The van der Waals surface area contributed by atoms with Gasteiger partial charge >= 0.3 is 0 Å². The van der Waals surface area contributed by atoms with Crippen molar-refractivity contribution in [2.24, 2.45) is 56.7 Å². The fraction of sp³-hybridized carbons (Fsp3) is 0.806. The van der Waals surface area contributed by atoms with Gasteiger partial charge in [-0.3, -0.25) is 19.3 Å². The number of nitrogens with one attached hydrogen (secondary N) is 1. The van der Waals surface area contributed by atoms with E-state index in [0.717, 1.165) is 44.9 Å². The lowest BCUT2D eigenvalue weighted by Gasteiger charge is -2.72. The molecule has 5 aliphatic carbocycles. The summed E-state index contributed by atoms with van der Waals surface area (Å²) in [6, 6.07) is 0. The van der Waals surface area contributed by atoms with Crippen LogP contribution in [0.4, 0.5) is 0 Å². The molecule has 5 saturated carbocycles. The molecule has 6 rings (SSSR count). The highest BCUT2D eigenvalue weighted by molar-refractivity contribution is 6.12. The summed E-state index contributed by atoms with van der Waals surface area (Å²) >= 11 is 0. The molecule has 0 saturated heterocycles. The molecule has 1 heterocycles. The molecule has 0 spiro atoms. The zero-order valence-electron chi connectivity index (χ0n) is 26.9. The zero-order chi connectivity index (χ0) is 30.5. The monoisotopic (exact) mass is 578 g/mol. The molecule has 0 bridgehead atoms. The number of carbonyl (C=O) groups excluding carboxylic acids is 3. The summed E-state index contributed by atoms with van der Waals surface area (Å²) in [4.78, 5) is 39.5. The van der Waals surface area contributed by atoms with Crippen LogP contribution >= 0.6 is 0 Å². The normalized spacial score (nSPS) is 47.4. The Labute approximate surface area is 253 Å². The number of hydrogen-bond acceptors (Lipinski definition) is 4. The van der Waals surface area contributed by atoms with Crippen LogP contribution in [0.1, 0.15) is 106 Å². The lowest BCUT2D eigenvalue weighted by Crippen LogP contribution is -2.67. The van der Waals surface area contributed by atoms with E-state index in [-0.39, 0.29) is 57.9 Å². The average molecular weight is 579 g/mol. The van der Waals surface area contributed by atoms with E-state index in [0.29, 0.717) is 30.2 Å². The third-order valence-corrected chi connectivity index (χ3v) is 15.0. The molecule has 2 N–H and O–H groups in total. The van der Waals surface area contributed by atoms with Gasteiger partial charge in [0.1, 0.15) is 0 Å². The van der Waals surface area contributed by atoms with E-state index in [1.807, 2.05) is 0 Å². The van der Waals surface area contributed by atoms with Gasteiger partial charge in [0.2, 0.25) is 5.91 Å². The van der Waals surface area contributed by atoms with Crippen LogP contribution in [0.15, 0.2) is 24.3 Å². The first-order valence-corrected chi connectivity index (χ1v) is 16.8. The summed E-state index contributed by atoms with van der Waals surface area (Å²) < 4.78 is 0. The molecular weight excluding hydrogens is 524 g/mol. The molecule has 6 aliphatic rings. The van der Waals surface area contributed by atoms with Gasteiger partial charge in [0.05, 0.1) is 11.5 Å². The molecule has 5 fully saturated rings. The van der Waals surface area contributed by atoms with Gasteiger partial charge in [-0.15, -0.1) is 0 Å². The lowest BCUT2D eigenvalue weighted by atomic mass is 9.32. The van der Waals surface area contributed by atoms with Crippen LogP contribution < -0.4 is 5.32 Å². The molecule has 42 heavy (non-hydrogen) atoms. The van der Waals surface area contributed by atoms with Crippen molar-refractivity contribution >= 4 is 17.7 Å². The Balaban J connectivity index is 1.28. The molecule has 0 radical (unpaired) electrons. The highest BCUT2D eigenvalue weighted by atomic mass is 16.3. The molecule has 0 aromatic carbocycles. The van der Waals surface area contributed by atoms with E-state index in [1.165, 1.54) is 41.9 Å². The molecule has 3 amide bonds. The third kappa shape index (κ3) is 3.88. The van der Waals surface area contributed by atoms with Crippen LogP contribution in [0.25, 0.3) is 0 Å². The highest BCUT2D eigenvalue weighted by Crippen LogP contribution is 2.77. The van der Waals surface area contributed by atoms with Crippen LogP contribution in [0.2, 0.25) is 0 Å². The summed E-state index contributed by atoms with van der Waals surface area (Å²) in [7, 11) is 0. The van der Waals surface area contributed by atoms with Crippen molar-refractivity contribution in [2.45, 2.75) is 112 Å². The number of hydrogen-bond donors (Lipinski definition) is 2. The largest absolute Gasteiger partial charge is 0.393 e. The van der Waals surface area contributed by atoms with Crippen LogP contribution in [0, 0.1) is 56.7 Å². The Morgan fingerprint density at radius 1 is 0.905 bits per heavy atom. The van der Waals surface area contributed by atoms with Crippen molar-refractivity contribution in [1.29, 1.82) is 0 Å². The van der Waals surface area contributed by atoms with Crippen LogP contribution in [0.5, 0.6) is 0 Å². The summed E-state index contributed by atoms with van der Waals surface area (Å²) in [6.45, 7) is 19.5.